The summed E-state index contributed by atoms with van der Waals surface area (Å²) in [5.41, 5.74) is 0.608. The standard InChI is InChI=1S/C12H15N3O/c1-16-9-11-4-5-15(8-11)12-3-2-10(6-13)7-14-12/h2-3,7,11H,4-5,8-9H2,1H3. The molecule has 1 aromatic heterocycles. The van der Waals surface area contributed by atoms with E-state index in [9.17, 15) is 0 Å². The molecule has 1 fully saturated rings. The van der Waals surface area contributed by atoms with Crippen molar-refractivity contribution in [3.63, 3.8) is 0 Å². The average Bonchev–Trinajstić information content (AvgIpc) is 2.78. The zero-order valence-electron chi connectivity index (χ0n) is 9.39. The van der Waals surface area contributed by atoms with Crippen LogP contribution in [0.2, 0.25) is 0 Å². The van der Waals surface area contributed by atoms with Gasteiger partial charge in [0.25, 0.3) is 0 Å². The molecule has 0 aromatic carbocycles. The summed E-state index contributed by atoms with van der Waals surface area (Å²) in [6, 6.07) is 5.79. The van der Waals surface area contributed by atoms with Crippen LogP contribution >= 0.6 is 0 Å². The van der Waals surface area contributed by atoms with Crippen molar-refractivity contribution in [2.24, 2.45) is 5.92 Å². The van der Waals surface area contributed by atoms with Gasteiger partial charge in [-0.1, -0.05) is 0 Å². The van der Waals surface area contributed by atoms with Gasteiger partial charge in [0.15, 0.2) is 0 Å². The van der Waals surface area contributed by atoms with Gasteiger partial charge in [-0.05, 0) is 18.6 Å². The van der Waals surface area contributed by atoms with Gasteiger partial charge in [0, 0.05) is 32.3 Å². The summed E-state index contributed by atoms with van der Waals surface area (Å²) >= 11 is 0. The lowest BCUT2D eigenvalue weighted by molar-refractivity contribution is 0.161. The van der Waals surface area contributed by atoms with Crippen molar-refractivity contribution < 1.29 is 4.74 Å². The maximum atomic E-state index is 8.69. The fourth-order valence-electron chi connectivity index (χ4n) is 2.05. The zero-order chi connectivity index (χ0) is 11.4. The molecule has 1 aliphatic heterocycles. The van der Waals surface area contributed by atoms with Gasteiger partial charge < -0.3 is 9.64 Å². The van der Waals surface area contributed by atoms with Crippen LogP contribution in [0.3, 0.4) is 0 Å². The van der Waals surface area contributed by atoms with Crippen LogP contribution in [0.15, 0.2) is 18.3 Å². The van der Waals surface area contributed by atoms with E-state index >= 15 is 0 Å². The minimum atomic E-state index is 0.599. The molecule has 1 aliphatic rings. The van der Waals surface area contributed by atoms with E-state index in [1.165, 1.54) is 0 Å². The van der Waals surface area contributed by atoms with Gasteiger partial charge in [-0.15, -0.1) is 0 Å². The topological polar surface area (TPSA) is 49.1 Å². The Kier molecular flexibility index (Phi) is 3.37. The Morgan fingerprint density at radius 3 is 3.12 bits per heavy atom. The molecule has 0 aliphatic carbocycles. The molecule has 1 aromatic rings. The highest BCUT2D eigenvalue weighted by molar-refractivity contribution is 5.42. The molecule has 0 amide bonds. The average molecular weight is 217 g/mol. The first kappa shape index (κ1) is 10.9. The Morgan fingerprint density at radius 2 is 2.50 bits per heavy atom. The van der Waals surface area contributed by atoms with E-state index in [0.717, 1.165) is 31.9 Å². The summed E-state index contributed by atoms with van der Waals surface area (Å²) in [4.78, 5) is 6.53. The van der Waals surface area contributed by atoms with Crippen LogP contribution in [0, 0.1) is 17.2 Å². The lowest BCUT2D eigenvalue weighted by Gasteiger charge is -2.17. The smallest absolute Gasteiger partial charge is 0.128 e. The van der Waals surface area contributed by atoms with Crippen molar-refractivity contribution in [1.29, 1.82) is 5.26 Å². The van der Waals surface area contributed by atoms with Crippen molar-refractivity contribution in [2.75, 3.05) is 31.7 Å². The third-order valence-electron chi connectivity index (χ3n) is 2.89. The van der Waals surface area contributed by atoms with Gasteiger partial charge >= 0.3 is 0 Å². The summed E-state index contributed by atoms with van der Waals surface area (Å²) < 4.78 is 5.16. The summed E-state index contributed by atoms with van der Waals surface area (Å²) in [5.74, 6) is 1.56. The predicted molar refractivity (Wildman–Crippen MR) is 61.1 cm³/mol. The van der Waals surface area contributed by atoms with Crippen molar-refractivity contribution >= 4 is 5.82 Å². The van der Waals surface area contributed by atoms with Gasteiger partial charge in [0.05, 0.1) is 12.2 Å². The molecule has 2 heterocycles. The van der Waals surface area contributed by atoms with E-state index in [2.05, 4.69) is 16.0 Å². The normalized spacial score (nSPS) is 19.8. The van der Waals surface area contributed by atoms with E-state index in [1.54, 1.807) is 13.3 Å². The number of pyridine rings is 1. The van der Waals surface area contributed by atoms with Gasteiger partial charge in [-0.25, -0.2) is 4.98 Å². The number of rotatable bonds is 3. The van der Waals surface area contributed by atoms with Crippen molar-refractivity contribution in [2.45, 2.75) is 6.42 Å². The molecule has 84 valence electrons. The van der Waals surface area contributed by atoms with E-state index in [1.807, 2.05) is 12.1 Å². The predicted octanol–water partition coefficient (Wildman–Crippen LogP) is 1.43. The van der Waals surface area contributed by atoms with Crippen LogP contribution in [0.4, 0.5) is 5.82 Å². The molecular weight excluding hydrogens is 202 g/mol. The van der Waals surface area contributed by atoms with E-state index in [-0.39, 0.29) is 0 Å². The second-order valence-electron chi connectivity index (χ2n) is 4.07. The molecule has 4 heteroatoms. The quantitative estimate of drug-likeness (QED) is 0.768. The Morgan fingerprint density at radius 1 is 1.62 bits per heavy atom. The molecule has 1 atom stereocenters. The number of methoxy groups -OCH3 is 1. The van der Waals surface area contributed by atoms with Crippen LogP contribution in [0.5, 0.6) is 0 Å². The molecular formula is C12H15N3O. The Balaban J connectivity index is 2.00. The zero-order valence-corrected chi connectivity index (χ0v) is 9.39. The number of hydrogen-bond acceptors (Lipinski definition) is 4. The molecule has 0 N–H and O–H groups in total. The molecule has 0 radical (unpaired) electrons. The first-order valence-electron chi connectivity index (χ1n) is 5.43. The van der Waals surface area contributed by atoms with Crippen molar-refractivity contribution in [3.05, 3.63) is 23.9 Å². The third-order valence-corrected chi connectivity index (χ3v) is 2.89. The summed E-state index contributed by atoms with van der Waals surface area (Å²) in [5, 5.41) is 8.69. The van der Waals surface area contributed by atoms with Gasteiger partial charge in [-0.3, -0.25) is 0 Å². The highest BCUT2D eigenvalue weighted by atomic mass is 16.5. The van der Waals surface area contributed by atoms with Gasteiger partial charge in [-0.2, -0.15) is 5.26 Å². The molecule has 0 spiro atoms. The second-order valence-corrected chi connectivity index (χ2v) is 4.07. The lowest BCUT2D eigenvalue weighted by Crippen LogP contribution is -2.21. The number of nitrogens with zero attached hydrogens (tertiary/aromatic N) is 3. The van der Waals surface area contributed by atoms with E-state index < -0.39 is 0 Å². The monoisotopic (exact) mass is 217 g/mol. The molecule has 1 unspecified atom stereocenters. The highest BCUT2D eigenvalue weighted by Gasteiger charge is 2.22. The number of aromatic nitrogens is 1. The van der Waals surface area contributed by atoms with Crippen LogP contribution in [-0.4, -0.2) is 31.8 Å². The summed E-state index contributed by atoms with van der Waals surface area (Å²) in [6.45, 7) is 2.83. The maximum absolute atomic E-state index is 8.69. The first-order valence-corrected chi connectivity index (χ1v) is 5.43. The number of ether oxygens (including phenoxy) is 1. The Labute approximate surface area is 95.5 Å². The minimum absolute atomic E-state index is 0.599. The van der Waals surface area contributed by atoms with Crippen molar-refractivity contribution in [3.8, 4) is 6.07 Å². The van der Waals surface area contributed by atoms with Crippen LogP contribution in [0.1, 0.15) is 12.0 Å². The number of anilines is 1. The van der Waals surface area contributed by atoms with E-state index in [4.69, 9.17) is 10.00 Å². The largest absolute Gasteiger partial charge is 0.384 e. The molecule has 0 saturated carbocycles. The fraction of sp³-hybridized carbons (Fsp3) is 0.500. The second kappa shape index (κ2) is 4.95. The number of nitriles is 1. The van der Waals surface area contributed by atoms with Crippen LogP contribution < -0.4 is 4.90 Å². The molecule has 0 bridgehead atoms. The highest BCUT2D eigenvalue weighted by Crippen LogP contribution is 2.22. The van der Waals surface area contributed by atoms with Gasteiger partial charge in [0.2, 0.25) is 0 Å². The Hall–Kier alpha value is -1.60. The minimum Gasteiger partial charge on any atom is -0.384 e. The summed E-state index contributed by atoms with van der Waals surface area (Å²) in [6.07, 6.45) is 2.77. The SMILES string of the molecule is COCC1CCN(c2ccc(C#N)cn2)C1. The molecule has 4 nitrogen and oxygen atoms in total. The summed E-state index contributed by atoms with van der Waals surface area (Å²) in [7, 11) is 1.74. The molecule has 1 saturated heterocycles. The van der Waals surface area contributed by atoms with Crippen molar-refractivity contribution in [1.82, 2.24) is 4.98 Å². The molecule has 2 rings (SSSR count). The van der Waals surface area contributed by atoms with Gasteiger partial charge in [0.1, 0.15) is 11.9 Å². The third kappa shape index (κ3) is 2.31. The maximum Gasteiger partial charge on any atom is 0.128 e. The molecule has 16 heavy (non-hydrogen) atoms. The Bertz CT molecular complexity index is 382. The number of hydrogen-bond donors (Lipinski definition) is 0. The van der Waals surface area contributed by atoms with E-state index in [0.29, 0.717) is 11.5 Å². The lowest BCUT2D eigenvalue weighted by atomic mass is 10.1. The fourth-order valence-corrected chi connectivity index (χ4v) is 2.05. The van der Waals surface area contributed by atoms with Crippen LogP contribution in [-0.2, 0) is 4.74 Å². The first-order chi connectivity index (χ1) is 7.83. The van der Waals surface area contributed by atoms with Crippen LogP contribution in [0.25, 0.3) is 0 Å².